The summed E-state index contributed by atoms with van der Waals surface area (Å²) in [5.74, 6) is 0.843. The van der Waals surface area contributed by atoms with Gasteiger partial charge in [0.1, 0.15) is 23.2 Å². The molecule has 218 valence electrons. The van der Waals surface area contributed by atoms with Crippen molar-refractivity contribution in [1.29, 1.82) is 5.26 Å². The second-order valence-corrected chi connectivity index (χ2v) is 16.8. The summed E-state index contributed by atoms with van der Waals surface area (Å²) in [5, 5.41) is 25.3. The number of aliphatic hydroxyl groups excluding tert-OH is 1. The average molecular weight is 569 g/mol. The summed E-state index contributed by atoms with van der Waals surface area (Å²) in [6.07, 6.45) is 4.46. The number of fused-ring (bicyclic) bond motifs is 1. The molecule has 0 saturated carbocycles. The van der Waals surface area contributed by atoms with Crippen molar-refractivity contribution in [3.05, 3.63) is 36.2 Å². The summed E-state index contributed by atoms with van der Waals surface area (Å²) >= 11 is 0. The third-order valence-electron chi connectivity index (χ3n) is 7.78. The Bertz CT molecular complexity index is 1310. The molecular weight excluding hydrogens is 524 g/mol. The maximum absolute atomic E-state index is 9.86. The summed E-state index contributed by atoms with van der Waals surface area (Å²) in [5.41, 5.74) is 3.24. The maximum Gasteiger partial charge on any atom is 0.250 e. The molecule has 1 N–H and O–H groups in total. The zero-order valence-electron chi connectivity index (χ0n) is 24.8. The molecule has 1 aromatic carbocycles. The molecule has 0 spiro atoms. The number of ether oxygens (including phenoxy) is 3. The van der Waals surface area contributed by atoms with Crippen LogP contribution in [-0.2, 0) is 20.8 Å². The van der Waals surface area contributed by atoms with Crippen molar-refractivity contribution in [2.24, 2.45) is 0 Å². The second-order valence-electron chi connectivity index (χ2n) is 12.1. The summed E-state index contributed by atoms with van der Waals surface area (Å²) in [6, 6.07) is 10.4. The number of hydrogen-bond acceptors (Lipinski definition) is 7. The fourth-order valence-electron chi connectivity index (χ4n) is 4.53. The van der Waals surface area contributed by atoms with E-state index in [2.05, 4.69) is 52.1 Å². The highest BCUT2D eigenvalue weighted by molar-refractivity contribution is 6.74. The predicted molar refractivity (Wildman–Crippen MR) is 158 cm³/mol. The Labute approximate surface area is 238 Å². The molecule has 1 aliphatic heterocycles. The van der Waals surface area contributed by atoms with Crippen LogP contribution in [0.25, 0.3) is 22.2 Å². The highest BCUT2D eigenvalue weighted by atomic mass is 28.4. The lowest BCUT2D eigenvalue weighted by molar-refractivity contribution is -0.0365. The normalized spacial score (nSPS) is 17.2. The molecule has 0 aliphatic carbocycles. The first-order valence-corrected chi connectivity index (χ1v) is 17.2. The van der Waals surface area contributed by atoms with Gasteiger partial charge >= 0.3 is 0 Å². The standard InChI is InChI=1S/C30H44N4O5Si/c1-22(35)21-37-16-15-36-14-12-33-20-23(17-24(33)19-31)29-26-18-25(39-40(5,6)30(2,3)4)10-11-27(26)34(32-29)28-9-7-8-13-38-28/h10-11,17-18,20,22,28,35H,7-9,12-16,21H2,1-6H3. The van der Waals surface area contributed by atoms with Crippen LogP contribution in [0.3, 0.4) is 0 Å². The van der Waals surface area contributed by atoms with E-state index in [1.165, 1.54) is 0 Å². The zero-order valence-corrected chi connectivity index (χ0v) is 25.8. The Morgan fingerprint density at radius 3 is 2.62 bits per heavy atom. The molecule has 3 heterocycles. The van der Waals surface area contributed by atoms with E-state index in [0.717, 1.165) is 53.8 Å². The Morgan fingerprint density at radius 2 is 1.95 bits per heavy atom. The first-order valence-electron chi connectivity index (χ1n) is 14.3. The first kappa shape index (κ1) is 30.3. The molecule has 10 heteroatoms. The van der Waals surface area contributed by atoms with E-state index in [9.17, 15) is 10.4 Å². The van der Waals surface area contributed by atoms with Crippen LogP contribution in [-0.4, -0.2) is 66.9 Å². The number of rotatable bonds is 12. The molecule has 4 rings (SSSR count). The van der Waals surface area contributed by atoms with Gasteiger partial charge in [-0.3, -0.25) is 0 Å². The van der Waals surface area contributed by atoms with E-state index in [4.69, 9.17) is 23.7 Å². The molecule has 1 fully saturated rings. The fraction of sp³-hybridized carbons (Fsp3) is 0.600. The molecule has 0 radical (unpaired) electrons. The molecular formula is C30H44N4O5Si. The minimum absolute atomic E-state index is 0.0786. The number of nitriles is 1. The van der Waals surface area contributed by atoms with Gasteiger partial charge in [-0.15, -0.1) is 0 Å². The van der Waals surface area contributed by atoms with Gasteiger partial charge in [0, 0.05) is 30.3 Å². The molecule has 9 nitrogen and oxygen atoms in total. The van der Waals surface area contributed by atoms with Crippen molar-refractivity contribution in [2.45, 2.75) is 84.0 Å². The number of aromatic nitrogens is 3. The fourth-order valence-corrected chi connectivity index (χ4v) is 5.56. The summed E-state index contributed by atoms with van der Waals surface area (Å²) in [7, 11) is -2.03. The largest absolute Gasteiger partial charge is 0.543 e. The van der Waals surface area contributed by atoms with Crippen molar-refractivity contribution in [3.63, 3.8) is 0 Å². The predicted octanol–water partition coefficient (Wildman–Crippen LogP) is 5.87. The molecule has 1 saturated heterocycles. The first-order chi connectivity index (χ1) is 19.0. The minimum atomic E-state index is -2.03. The van der Waals surface area contributed by atoms with Crippen LogP contribution >= 0.6 is 0 Å². The second kappa shape index (κ2) is 12.9. The Kier molecular flexibility index (Phi) is 9.75. The SMILES string of the molecule is CC(O)COCCOCCn1cc(-c2nn(C3CCCCO3)c3ccc(O[Si](C)(C)C(C)(C)C)cc23)cc1C#N. The van der Waals surface area contributed by atoms with Crippen LogP contribution in [0, 0.1) is 11.3 Å². The molecule has 40 heavy (non-hydrogen) atoms. The van der Waals surface area contributed by atoms with Gasteiger partial charge in [0.05, 0.1) is 38.0 Å². The lowest BCUT2D eigenvalue weighted by Gasteiger charge is -2.36. The molecule has 3 aromatic rings. The molecule has 0 amide bonds. The highest BCUT2D eigenvalue weighted by Gasteiger charge is 2.39. The third-order valence-corrected chi connectivity index (χ3v) is 12.1. The van der Waals surface area contributed by atoms with E-state index in [1.807, 2.05) is 27.6 Å². The van der Waals surface area contributed by atoms with E-state index >= 15 is 0 Å². The van der Waals surface area contributed by atoms with Crippen molar-refractivity contribution in [3.8, 4) is 23.1 Å². The van der Waals surface area contributed by atoms with Gasteiger partial charge in [0.2, 0.25) is 8.32 Å². The van der Waals surface area contributed by atoms with Crippen molar-refractivity contribution in [1.82, 2.24) is 14.3 Å². The van der Waals surface area contributed by atoms with Gasteiger partial charge in [0.15, 0.2) is 6.23 Å². The average Bonchev–Trinajstić information content (AvgIpc) is 3.48. The van der Waals surface area contributed by atoms with Crippen molar-refractivity contribution < 1.29 is 23.7 Å². The smallest absolute Gasteiger partial charge is 0.250 e. The van der Waals surface area contributed by atoms with E-state index < -0.39 is 14.4 Å². The van der Waals surface area contributed by atoms with Crippen LogP contribution in [0.4, 0.5) is 0 Å². The van der Waals surface area contributed by atoms with Gasteiger partial charge < -0.3 is 28.3 Å². The van der Waals surface area contributed by atoms with Crippen LogP contribution in [0.2, 0.25) is 18.1 Å². The topological polar surface area (TPSA) is 104 Å². The van der Waals surface area contributed by atoms with Crippen molar-refractivity contribution in [2.75, 3.05) is 33.0 Å². The minimum Gasteiger partial charge on any atom is -0.543 e. The Morgan fingerprint density at radius 1 is 1.18 bits per heavy atom. The summed E-state index contributed by atoms with van der Waals surface area (Å²) in [6.45, 7) is 15.7. The number of aliphatic hydroxyl groups is 1. The third kappa shape index (κ3) is 7.14. The van der Waals surface area contributed by atoms with Gasteiger partial charge in [-0.05, 0) is 68.6 Å². The van der Waals surface area contributed by atoms with Crippen LogP contribution in [0.15, 0.2) is 30.5 Å². The van der Waals surface area contributed by atoms with Crippen LogP contribution < -0.4 is 4.43 Å². The Hall–Kier alpha value is -2.68. The van der Waals surface area contributed by atoms with Gasteiger partial charge in [-0.2, -0.15) is 10.4 Å². The number of benzene rings is 1. The molecule has 2 aromatic heterocycles. The quantitative estimate of drug-likeness (QED) is 0.215. The molecule has 2 unspecified atom stereocenters. The Balaban J connectivity index is 1.62. The molecule has 2 atom stereocenters. The lowest BCUT2D eigenvalue weighted by Crippen LogP contribution is -2.43. The van der Waals surface area contributed by atoms with Gasteiger partial charge in [-0.25, -0.2) is 4.68 Å². The number of nitrogens with zero attached hydrogens (tertiary/aromatic N) is 4. The van der Waals surface area contributed by atoms with Gasteiger partial charge in [-0.1, -0.05) is 20.8 Å². The number of hydrogen-bond donors (Lipinski definition) is 1. The summed E-state index contributed by atoms with van der Waals surface area (Å²) < 4.78 is 27.7. The summed E-state index contributed by atoms with van der Waals surface area (Å²) in [4.78, 5) is 0. The zero-order chi connectivity index (χ0) is 28.9. The van der Waals surface area contributed by atoms with E-state index in [1.54, 1.807) is 6.92 Å². The monoisotopic (exact) mass is 568 g/mol. The van der Waals surface area contributed by atoms with Crippen LogP contribution in [0.5, 0.6) is 5.75 Å². The van der Waals surface area contributed by atoms with Gasteiger partial charge in [0.25, 0.3) is 0 Å². The van der Waals surface area contributed by atoms with E-state index in [0.29, 0.717) is 32.1 Å². The highest BCUT2D eigenvalue weighted by Crippen LogP contribution is 2.40. The molecule has 1 aliphatic rings. The molecule has 0 bridgehead atoms. The lowest BCUT2D eigenvalue weighted by atomic mass is 10.1. The van der Waals surface area contributed by atoms with E-state index in [-0.39, 0.29) is 17.9 Å². The van der Waals surface area contributed by atoms with Crippen molar-refractivity contribution >= 4 is 19.2 Å². The maximum atomic E-state index is 9.86. The van der Waals surface area contributed by atoms with Crippen LogP contribution in [0.1, 0.15) is 58.9 Å².